The summed E-state index contributed by atoms with van der Waals surface area (Å²) in [6.07, 6.45) is 7.36. The van der Waals surface area contributed by atoms with Crippen LogP contribution in [0.5, 0.6) is 0 Å². The Morgan fingerprint density at radius 3 is 2.50 bits per heavy atom. The zero-order chi connectivity index (χ0) is 14.0. The Kier molecular flexibility index (Phi) is 9.06. The Morgan fingerprint density at radius 2 is 2.06 bits per heavy atom. The van der Waals surface area contributed by atoms with Crippen LogP contribution in [0.3, 0.4) is 0 Å². The van der Waals surface area contributed by atoms with E-state index in [4.69, 9.17) is 17.3 Å². The molecule has 0 aliphatic heterocycles. The highest BCUT2D eigenvalue weighted by molar-refractivity contribution is 6.27. The number of nitrogens with one attached hydrogen (secondary N) is 1. The SMILES string of the molecule is C/C=C(C)\C(=C/C)N(CN/C=C\CN)C(=O)CCl. The summed E-state index contributed by atoms with van der Waals surface area (Å²) in [6.45, 7) is 6.61. The standard InChI is InChI=1S/C13H22ClN3O/c1-4-11(3)12(5-2)17(13(18)9-14)10-16-8-6-7-15/h4-6,8,16H,7,9-10,15H2,1-3H3/b8-6-,11-4-,12-5+. The molecule has 3 N–H and O–H groups in total. The molecule has 5 heteroatoms. The molecule has 0 atom stereocenters. The first kappa shape index (κ1) is 16.7. The van der Waals surface area contributed by atoms with Crippen molar-refractivity contribution in [2.24, 2.45) is 5.73 Å². The van der Waals surface area contributed by atoms with Crippen LogP contribution in [-0.2, 0) is 4.79 Å². The molecule has 0 fully saturated rings. The van der Waals surface area contributed by atoms with Gasteiger partial charge in [-0.1, -0.05) is 18.2 Å². The molecule has 0 spiro atoms. The molecule has 102 valence electrons. The molecule has 0 aromatic heterocycles. The molecule has 0 aliphatic carbocycles. The molecule has 18 heavy (non-hydrogen) atoms. The molecule has 0 aliphatic rings. The average Bonchev–Trinajstić information content (AvgIpc) is 2.40. The maximum absolute atomic E-state index is 11.8. The highest BCUT2D eigenvalue weighted by Gasteiger charge is 2.16. The minimum absolute atomic E-state index is 0.0450. The van der Waals surface area contributed by atoms with Crippen LogP contribution in [0.2, 0.25) is 0 Å². The summed E-state index contributed by atoms with van der Waals surface area (Å²) in [5, 5.41) is 3.01. The first-order valence-corrected chi connectivity index (χ1v) is 6.40. The number of allylic oxidation sites excluding steroid dienone is 3. The number of hydrogen-bond acceptors (Lipinski definition) is 3. The van der Waals surface area contributed by atoms with Crippen LogP contribution in [0, 0.1) is 0 Å². The van der Waals surface area contributed by atoms with Gasteiger partial charge in [0.2, 0.25) is 5.91 Å². The van der Waals surface area contributed by atoms with Gasteiger partial charge in [-0.15, -0.1) is 11.6 Å². The smallest absolute Gasteiger partial charge is 0.243 e. The fourth-order valence-corrected chi connectivity index (χ4v) is 1.56. The zero-order valence-electron chi connectivity index (χ0n) is 11.2. The van der Waals surface area contributed by atoms with E-state index in [1.165, 1.54) is 0 Å². The molecule has 0 bridgehead atoms. The summed E-state index contributed by atoms with van der Waals surface area (Å²) >= 11 is 5.63. The van der Waals surface area contributed by atoms with Crippen LogP contribution in [0.15, 0.2) is 35.7 Å². The number of nitrogens with two attached hydrogens (primary N) is 1. The van der Waals surface area contributed by atoms with Crippen LogP contribution < -0.4 is 11.1 Å². The summed E-state index contributed by atoms with van der Waals surface area (Å²) in [4.78, 5) is 13.4. The van der Waals surface area contributed by atoms with Crippen LogP contribution in [0.4, 0.5) is 0 Å². The normalized spacial score (nSPS) is 12.9. The lowest BCUT2D eigenvalue weighted by Gasteiger charge is -2.25. The molecule has 0 heterocycles. The van der Waals surface area contributed by atoms with Crippen molar-refractivity contribution in [1.29, 1.82) is 0 Å². The number of carbonyl (C=O) groups excluding carboxylic acids is 1. The van der Waals surface area contributed by atoms with E-state index in [9.17, 15) is 4.79 Å². The summed E-state index contributed by atoms with van der Waals surface area (Å²) in [6, 6.07) is 0. The van der Waals surface area contributed by atoms with Crippen molar-refractivity contribution in [2.75, 3.05) is 19.1 Å². The van der Waals surface area contributed by atoms with Crippen molar-refractivity contribution in [3.8, 4) is 0 Å². The topological polar surface area (TPSA) is 58.4 Å². The lowest BCUT2D eigenvalue weighted by Crippen LogP contribution is -2.37. The summed E-state index contributed by atoms with van der Waals surface area (Å²) < 4.78 is 0. The Balaban J connectivity index is 4.87. The number of nitrogens with zero attached hydrogens (tertiary/aromatic N) is 1. The molecule has 1 amide bonds. The Bertz CT molecular complexity index is 348. The third kappa shape index (κ3) is 5.38. The van der Waals surface area contributed by atoms with Crippen molar-refractivity contribution >= 4 is 17.5 Å². The molecule has 4 nitrogen and oxygen atoms in total. The van der Waals surface area contributed by atoms with Crippen LogP contribution >= 0.6 is 11.6 Å². The zero-order valence-corrected chi connectivity index (χ0v) is 12.0. The largest absolute Gasteiger partial charge is 0.374 e. The first-order chi connectivity index (χ1) is 8.62. The maximum Gasteiger partial charge on any atom is 0.243 e. The van der Waals surface area contributed by atoms with Crippen molar-refractivity contribution in [1.82, 2.24) is 10.2 Å². The average molecular weight is 272 g/mol. The lowest BCUT2D eigenvalue weighted by molar-refractivity contribution is -0.126. The van der Waals surface area contributed by atoms with E-state index in [-0.39, 0.29) is 11.8 Å². The molecule has 0 aromatic carbocycles. The summed E-state index contributed by atoms with van der Waals surface area (Å²) in [7, 11) is 0. The minimum atomic E-state index is -0.139. The second-order valence-corrected chi connectivity index (χ2v) is 3.87. The highest BCUT2D eigenvalue weighted by Crippen LogP contribution is 2.15. The molecule has 0 aromatic rings. The van der Waals surface area contributed by atoms with Gasteiger partial charge in [0, 0.05) is 12.2 Å². The third-order valence-electron chi connectivity index (χ3n) is 2.44. The molecular formula is C13H22ClN3O. The summed E-state index contributed by atoms with van der Waals surface area (Å²) in [5.41, 5.74) is 7.22. The van der Waals surface area contributed by atoms with Gasteiger partial charge >= 0.3 is 0 Å². The van der Waals surface area contributed by atoms with Gasteiger partial charge in [0.25, 0.3) is 0 Å². The number of carbonyl (C=O) groups is 1. The lowest BCUT2D eigenvalue weighted by atomic mass is 10.2. The van der Waals surface area contributed by atoms with Gasteiger partial charge in [-0.05, 0) is 32.5 Å². The molecule has 0 saturated carbocycles. The molecule has 0 radical (unpaired) electrons. The number of alkyl halides is 1. The van der Waals surface area contributed by atoms with E-state index in [1.54, 1.807) is 17.2 Å². The quantitative estimate of drug-likeness (QED) is 0.423. The van der Waals surface area contributed by atoms with Crippen LogP contribution in [0.1, 0.15) is 20.8 Å². The fourth-order valence-electron chi connectivity index (χ4n) is 1.42. The van der Waals surface area contributed by atoms with E-state index < -0.39 is 0 Å². The van der Waals surface area contributed by atoms with Gasteiger partial charge < -0.3 is 11.1 Å². The predicted octanol–water partition coefficient (Wildman–Crippen LogP) is 1.94. The maximum atomic E-state index is 11.8. The van der Waals surface area contributed by atoms with E-state index in [1.807, 2.05) is 32.9 Å². The van der Waals surface area contributed by atoms with Crippen molar-refractivity contribution in [3.05, 3.63) is 35.7 Å². The van der Waals surface area contributed by atoms with E-state index in [0.29, 0.717) is 13.2 Å². The Hall–Kier alpha value is -1.26. The van der Waals surface area contributed by atoms with Gasteiger partial charge in [-0.25, -0.2) is 0 Å². The van der Waals surface area contributed by atoms with Crippen molar-refractivity contribution < 1.29 is 4.79 Å². The van der Waals surface area contributed by atoms with E-state index in [0.717, 1.165) is 11.3 Å². The Morgan fingerprint density at radius 1 is 1.39 bits per heavy atom. The van der Waals surface area contributed by atoms with Crippen LogP contribution in [-0.4, -0.2) is 29.9 Å². The highest BCUT2D eigenvalue weighted by atomic mass is 35.5. The third-order valence-corrected chi connectivity index (χ3v) is 2.67. The molecule has 0 unspecified atom stereocenters. The predicted molar refractivity (Wildman–Crippen MR) is 77.0 cm³/mol. The fraction of sp³-hybridized carbons (Fsp3) is 0.462. The van der Waals surface area contributed by atoms with Gasteiger partial charge in [0.05, 0.1) is 6.67 Å². The minimum Gasteiger partial charge on any atom is -0.374 e. The van der Waals surface area contributed by atoms with Crippen molar-refractivity contribution in [3.63, 3.8) is 0 Å². The second-order valence-electron chi connectivity index (χ2n) is 3.60. The second kappa shape index (κ2) is 9.74. The van der Waals surface area contributed by atoms with Gasteiger partial charge in [0.1, 0.15) is 5.88 Å². The van der Waals surface area contributed by atoms with Crippen LogP contribution in [0.25, 0.3) is 0 Å². The van der Waals surface area contributed by atoms with Gasteiger partial charge in [-0.2, -0.15) is 0 Å². The Labute approximate surface area is 114 Å². The number of rotatable bonds is 7. The number of amides is 1. The number of halogens is 1. The number of hydrogen-bond donors (Lipinski definition) is 2. The first-order valence-electron chi connectivity index (χ1n) is 5.86. The molecule has 0 rings (SSSR count). The van der Waals surface area contributed by atoms with Gasteiger partial charge in [-0.3, -0.25) is 9.69 Å². The van der Waals surface area contributed by atoms with Gasteiger partial charge in [0.15, 0.2) is 0 Å². The van der Waals surface area contributed by atoms with Crippen molar-refractivity contribution in [2.45, 2.75) is 20.8 Å². The molecular weight excluding hydrogens is 250 g/mol. The molecule has 0 saturated heterocycles. The summed E-state index contributed by atoms with van der Waals surface area (Å²) in [5.74, 6) is -0.184. The van der Waals surface area contributed by atoms with E-state index >= 15 is 0 Å². The van der Waals surface area contributed by atoms with E-state index in [2.05, 4.69) is 5.32 Å². The monoisotopic (exact) mass is 271 g/mol.